The van der Waals surface area contributed by atoms with E-state index < -0.39 is 0 Å². The molecule has 0 unspecified atom stereocenters. The molecule has 5 heteroatoms. The lowest BCUT2D eigenvalue weighted by molar-refractivity contribution is 0.669. The third kappa shape index (κ3) is 5.37. The van der Waals surface area contributed by atoms with E-state index in [2.05, 4.69) is 144 Å². The summed E-state index contributed by atoms with van der Waals surface area (Å²) < 4.78 is 8.62. The van der Waals surface area contributed by atoms with E-state index in [-0.39, 0.29) is 0 Å². The van der Waals surface area contributed by atoms with Crippen LogP contribution < -0.4 is 0 Å². The summed E-state index contributed by atoms with van der Waals surface area (Å²) in [7, 11) is 0. The van der Waals surface area contributed by atoms with Crippen molar-refractivity contribution in [2.45, 2.75) is 0 Å². The summed E-state index contributed by atoms with van der Waals surface area (Å²) in [5.41, 5.74) is 12.2. The Balaban J connectivity index is 1.09. The van der Waals surface area contributed by atoms with Gasteiger partial charge in [-0.05, 0) is 64.7 Å². The van der Waals surface area contributed by atoms with Gasteiger partial charge in [-0.3, -0.25) is 0 Å². The summed E-state index contributed by atoms with van der Waals surface area (Å²) in [4.78, 5) is 15.4. The molecule has 0 radical (unpaired) electrons. The Bertz CT molecular complexity index is 3250. The van der Waals surface area contributed by atoms with E-state index in [0.717, 1.165) is 83.0 Å². The van der Waals surface area contributed by atoms with Gasteiger partial charge in [-0.25, -0.2) is 15.0 Å². The van der Waals surface area contributed by atoms with Crippen LogP contribution in [0.4, 0.5) is 0 Å². The molecule has 3 aromatic heterocycles. The molecule has 0 aliphatic carbocycles. The van der Waals surface area contributed by atoms with Crippen LogP contribution in [0.2, 0.25) is 0 Å². The average molecular weight is 717 g/mol. The lowest BCUT2D eigenvalue weighted by Gasteiger charge is -2.13. The number of hydrogen-bond acceptors (Lipinski definition) is 4. The Morgan fingerprint density at radius 3 is 1.73 bits per heavy atom. The highest BCUT2D eigenvalue weighted by molar-refractivity contribution is 6.10. The van der Waals surface area contributed by atoms with Gasteiger partial charge in [0.05, 0.1) is 11.0 Å². The van der Waals surface area contributed by atoms with Crippen molar-refractivity contribution in [2.24, 2.45) is 0 Å². The first-order chi connectivity index (χ1) is 27.7. The SMILES string of the molecule is c1ccc(-c2nc(-c3ccc4c5ccccc5n(-c5cccc(-c6ccc7c(c6)oc6ccccc67)c5)c4c3)nc(-c3ccccc3-c3ccccc3)n2)cc1. The highest BCUT2D eigenvalue weighted by Gasteiger charge is 2.19. The van der Waals surface area contributed by atoms with Gasteiger partial charge in [-0.1, -0.05) is 152 Å². The molecule has 3 heterocycles. The molecule has 0 bridgehead atoms. The molecular weight excluding hydrogens is 685 g/mol. The molecule has 0 atom stereocenters. The van der Waals surface area contributed by atoms with Crippen molar-refractivity contribution in [2.75, 3.05) is 0 Å². The maximum atomic E-state index is 6.27. The fraction of sp³-hybridized carbons (Fsp3) is 0. The summed E-state index contributed by atoms with van der Waals surface area (Å²) >= 11 is 0. The van der Waals surface area contributed by atoms with Crippen molar-refractivity contribution in [1.29, 1.82) is 0 Å². The molecular formula is C51H32N4O. The molecule has 0 N–H and O–H groups in total. The van der Waals surface area contributed by atoms with Gasteiger partial charge in [0.2, 0.25) is 0 Å². The molecule has 0 saturated heterocycles. The fourth-order valence-electron chi connectivity index (χ4n) is 8.01. The number of para-hydroxylation sites is 2. The number of hydrogen-bond donors (Lipinski definition) is 0. The van der Waals surface area contributed by atoms with Crippen LogP contribution in [-0.4, -0.2) is 19.5 Å². The maximum absolute atomic E-state index is 6.27. The van der Waals surface area contributed by atoms with E-state index in [9.17, 15) is 0 Å². The molecule has 11 aromatic rings. The van der Waals surface area contributed by atoms with Crippen LogP contribution >= 0.6 is 0 Å². The molecule has 8 aromatic carbocycles. The van der Waals surface area contributed by atoms with Crippen LogP contribution in [-0.2, 0) is 0 Å². The number of rotatable bonds is 6. The summed E-state index contributed by atoms with van der Waals surface area (Å²) in [6.45, 7) is 0. The number of furan rings is 1. The molecule has 262 valence electrons. The van der Waals surface area contributed by atoms with Crippen LogP contribution in [0.1, 0.15) is 0 Å². The lowest BCUT2D eigenvalue weighted by atomic mass is 9.99. The molecule has 0 aliphatic heterocycles. The lowest BCUT2D eigenvalue weighted by Crippen LogP contribution is -2.01. The van der Waals surface area contributed by atoms with E-state index in [1.165, 1.54) is 5.39 Å². The van der Waals surface area contributed by atoms with Gasteiger partial charge in [-0.15, -0.1) is 0 Å². The van der Waals surface area contributed by atoms with E-state index in [4.69, 9.17) is 19.4 Å². The number of nitrogens with zero attached hydrogens (tertiary/aromatic N) is 4. The van der Waals surface area contributed by atoms with Gasteiger partial charge >= 0.3 is 0 Å². The van der Waals surface area contributed by atoms with E-state index in [0.29, 0.717) is 17.5 Å². The van der Waals surface area contributed by atoms with Crippen molar-refractivity contribution in [3.63, 3.8) is 0 Å². The number of benzene rings is 8. The normalized spacial score (nSPS) is 11.6. The zero-order valence-corrected chi connectivity index (χ0v) is 30.2. The second-order valence-corrected chi connectivity index (χ2v) is 14.0. The van der Waals surface area contributed by atoms with Gasteiger partial charge in [0.25, 0.3) is 0 Å². The second-order valence-electron chi connectivity index (χ2n) is 14.0. The van der Waals surface area contributed by atoms with Crippen molar-refractivity contribution < 1.29 is 4.42 Å². The summed E-state index contributed by atoms with van der Waals surface area (Å²) in [5.74, 6) is 1.87. The Morgan fingerprint density at radius 2 is 0.893 bits per heavy atom. The first-order valence-corrected chi connectivity index (χ1v) is 18.8. The minimum Gasteiger partial charge on any atom is -0.456 e. The molecule has 0 aliphatic rings. The first-order valence-electron chi connectivity index (χ1n) is 18.8. The third-order valence-electron chi connectivity index (χ3n) is 10.7. The van der Waals surface area contributed by atoms with E-state index in [1.54, 1.807) is 0 Å². The van der Waals surface area contributed by atoms with Crippen LogP contribution in [0.15, 0.2) is 199 Å². The highest BCUT2D eigenvalue weighted by atomic mass is 16.3. The Kier molecular flexibility index (Phi) is 7.42. The smallest absolute Gasteiger partial charge is 0.164 e. The number of aromatic nitrogens is 4. The van der Waals surface area contributed by atoms with Crippen molar-refractivity contribution in [3.05, 3.63) is 194 Å². The van der Waals surface area contributed by atoms with Crippen LogP contribution in [0, 0.1) is 0 Å². The van der Waals surface area contributed by atoms with Gasteiger partial charge in [-0.2, -0.15) is 0 Å². The predicted octanol–water partition coefficient (Wildman–Crippen LogP) is 13.2. The minimum absolute atomic E-state index is 0.614. The van der Waals surface area contributed by atoms with Gasteiger partial charge in [0.15, 0.2) is 17.5 Å². The zero-order chi connectivity index (χ0) is 37.0. The van der Waals surface area contributed by atoms with Crippen LogP contribution in [0.3, 0.4) is 0 Å². The quantitative estimate of drug-likeness (QED) is 0.172. The third-order valence-corrected chi connectivity index (χ3v) is 10.7. The summed E-state index contributed by atoms with van der Waals surface area (Å²) in [5, 5.41) is 4.59. The number of fused-ring (bicyclic) bond motifs is 6. The van der Waals surface area contributed by atoms with Crippen LogP contribution in [0.25, 0.3) is 106 Å². The molecule has 11 rings (SSSR count). The largest absolute Gasteiger partial charge is 0.456 e. The molecule has 0 saturated carbocycles. The van der Waals surface area contributed by atoms with Crippen LogP contribution in [0.5, 0.6) is 0 Å². The van der Waals surface area contributed by atoms with Crippen molar-refractivity contribution >= 4 is 43.7 Å². The summed E-state index contributed by atoms with van der Waals surface area (Å²) in [6.07, 6.45) is 0. The molecule has 0 amide bonds. The first kappa shape index (κ1) is 31.9. The van der Waals surface area contributed by atoms with E-state index >= 15 is 0 Å². The van der Waals surface area contributed by atoms with Gasteiger partial charge in [0.1, 0.15) is 11.2 Å². The Morgan fingerprint density at radius 1 is 0.321 bits per heavy atom. The highest BCUT2D eigenvalue weighted by Crippen LogP contribution is 2.38. The fourth-order valence-corrected chi connectivity index (χ4v) is 8.01. The molecule has 56 heavy (non-hydrogen) atoms. The molecule has 5 nitrogen and oxygen atoms in total. The maximum Gasteiger partial charge on any atom is 0.164 e. The van der Waals surface area contributed by atoms with E-state index in [1.807, 2.05) is 54.6 Å². The zero-order valence-electron chi connectivity index (χ0n) is 30.2. The van der Waals surface area contributed by atoms with Crippen molar-refractivity contribution in [1.82, 2.24) is 19.5 Å². The summed E-state index contributed by atoms with van der Waals surface area (Å²) in [6, 6.07) is 67.5. The minimum atomic E-state index is 0.614. The van der Waals surface area contributed by atoms with Gasteiger partial charge < -0.3 is 8.98 Å². The standard InChI is InChI=1S/C51H32N4O/c1-3-14-33(15-4-1)39-20-7-8-23-44(39)51-53-49(34-16-5-2-6-17-34)52-50(54-51)37-27-28-41-40-21-9-11-24-45(40)55(46(41)31-37)38-19-13-18-35(30-38)36-26-29-43-42-22-10-12-25-47(42)56-48(43)32-36/h1-32H. The topological polar surface area (TPSA) is 56.7 Å². The van der Waals surface area contributed by atoms with Crippen molar-refractivity contribution in [3.8, 4) is 62.1 Å². The Labute approximate surface area is 322 Å². The van der Waals surface area contributed by atoms with Gasteiger partial charge in [0, 0.05) is 43.9 Å². The average Bonchev–Trinajstić information content (AvgIpc) is 3.82. The monoisotopic (exact) mass is 716 g/mol. The molecule has 0 fully saturated rings. The predicted molar refractivity (Wildman–Crippen MR) is 229 cm³/mol. The second kappa shape index (κ2) is 13.0. The Hall–Kier alpha value is -7.63. The molecule has 0 spiro atoms.